The van der Waals surface area contributed by atoms with Crippen LogP contribution in [0.25, 0.3) is 0 Å². The smallest absolute Gasteiger partial charge is 0.146 e. The van der Waals surface area contributed by atoms with E-state index < -0.39 is 0 Å². The molecule has 2 rings (SSSR count). The fraction of sp³-hybridized carbons (Fsp3) is 0.182. The molecule has 2 aromatic rings. The molecular weight excluding hydrogens is 228 g/mol. The van der Waals surface area contributed by atoms with E-state index in [-0.39, 0.29) is 0 Å². The summed E-state index contributed by atoms with van der Waals surface area (Å²) in [6.45, 7) is 0.755. The predicted molar refractivity (Wildman–Crippen MR) is 60.2 cm³/mol. The first-order valence-electron chi connectivity index (χ1n) is 4.78. The first-order chi connectivity index (χ1) is 7.79. The van der Waals surface area contributed by atoms with Crippen molar-refractivity contribution in [3.8, 4) is 5.75 Å². The molecule has 0 amide bonds. The molecule has 0 spiro atoms. The molecule has 0 unspecified atom stereocenters. The van der Waals surface area contributed by atoms with E-state index in [9.17, 15) is 0 Å². The molecule has 2 aromatic heterocycles. The summed E-state index contributed by atoms with van der Waals surface area (Å²) in [7, 11) is 0. The Morgan fingerprint density at radius 2 is 2.31 bits per heavy atom. The minimum Gasteiger partial charge on any atom is -0.484 e. The lowest BCUT2D eigenvalue weighted by molar-refractivity contribution is 0.267. The third kappa shape index (κ3) is 2.53. The van der Waals surface area contributed by atoms with Gasteiger partial charge in [-0.25, -0.2) is 0 Å². The Morgan fingerprint density at radius 1 is 1.44 bits per heavy atom. The van der Waals surface area contributed by atoms with Gasteiger partial charge in [-0.3, -0.25) is 4.98 Å². The van der Waals surface area contributed by atoms with Crippen molar-refractivity contribution < 1.29 is 9.15 Å². The predicted octanol–water partition coefficient (Wildman–Crippen LogP) is 2.37. The van der Waals surface area contributed by atoms with Gasteiger partial charge in [-0.05, 0) is 6.07 Å². The fourth-order valence-corrected chi connectivity index (χ4v) is 1.46. The van der Waals surface area contributed by atoms with Gasteiger partial charge in [0.05, 0.1) is 17.5 Å². The highest BCUT2D eigenvalue weighted by molar-refractivity contribution is 6.30. The highest BCUT2D eigenvalue weighted by Gasteiger charge is 2.05. The minimum atomic E-state index is 0.321. The average molecular weight is 239 g/mol. The van der Waals surface area contributed by atoms with Gasteiger partial charge in [-0.1, -0.05) is 11.6 Å². The standard InChI is InChI=1S/C11H11ClN2O2/c12-9-3-10(6-14-5-9)16-7-11-8(4-13)1-2-15-11/h1-3,5-6H,4,7,13H2. The van der Waals surface area contributed by atoms with Crippen LogP contribution >= 0.6 is 11.6 Å². The van der Waals surface area contributed by atoms with Crippen LogP contribution in [0.4, 0.5) is 0 Å². The topological polar surface area (TPSA) is 61.3 Å². The van der Waals surface area contributed by atoms with Crippen molar-refractivity contribution in [1.29, 1.82) is 0 Å². The van der Waals surface area contributed by atoms with Crippen LogP contribution in [-0.4, -0.2) is 4.98 Å². The third-order valence-electron chi connectivity index (χ3n) is 2.11. The van der Waals surface area contributed by atoms with Crippen LogP contribution in [0.1, 0.15) is 11.3 Å². The molecule has 0 aliphatic carbocycles. The number of hydrogen-bond donors (Lipinski definition) is 1. The number of pyridine rings is 1. The number of furan rings is 1. The number of halogens is 1. The Bertz CT molecular complexity index is 471. The van der Waals surface area contributed by atoms with Crippen LogP contribution in [-0.2, 0) is 13.2 Å². The molecule has 2 heterocycles. The molecule has 0 radical (unpaired) electrons. The van der Waals surface area contributed by atoms with E-state index in [4.69, 9.17) is 26.5 Å². The lowest BCUT2D eigenvalue weighted by Crippen LogP contribution is -2.02. The molecule has 2 N–H and O–H groups in total. The molecular formula is C11H11ClN2O2. The zero-order chi connectivity index (χ0) is 11.4. The number of nitrogens with zero attached hydrogens (tertiary/aromatic N) is 1. The summed E-state index contributed by atoms with van der Waals surface area (Å²) >= 11 is 5.78. The maximum Gasteiger partial charge on any atom is 0.146 e. The van der Waals surface area contributed by atoms with E-state index in [1.165, 1.54) is 0 Å². The highest BCUT2D eigenvalue weighted by Crippen LogP contribution is 2.18. The molecule has 4 nitrogen and oxygen atoms in total. The fourth-order valence-electron chi connectivity index (χ4n) is 1.30. The Hall–Kier alpha value is -1.52. The number of rotatable bonds is 4. The number of aromatic nitrogens is 1. The average Bonchev–Trinajstić information content (AvgIpc) is 2.74. The molecule has 84 valence electrons. The van der Waals surface area contributed by atoms with Crippen molar-refractivity contribution in [2.45, 2.75) is 13.2 Å². The van der Waals surface area contributed by atoms with Crippen molar-refractivity contribution >= 4 is 11.6 Å². The van der Waals surface area contributed by atoms with Gasteiger partial charge in [0.15, 0.2) is 0 Å². The van der Waals surface area contributed by atoms with E-state index in [0.29, 0.717) is 23.9 Å². The van der Waals surface area contributed by atoms with Crippen molar-refractivity contribution in [1.82, 2.24) is 4.98 Å². The van der Waals surface area contributed by atoms with Gasteiger partial charge >= 0.3 is 0 Å². The molecule has 0 fully saturated rings. The van der Waals surface area contributed by atoms with Crippen molar-refractivity contribution in [3.63, 3.8) is 0 Å². The Kier molecular flexibility index (Phi) is 3.44. The van der Waals surface area contributed by atoms with Crippen LogP contribution in [0, 0.1) is 0 Å². The van der Waals surface area contributed by atoms with Gasteiger partial charge in [0.1, 0.15) is 18.1 Å². The molecule has 0 aliphatic heterocycles. The second-order valence-corrected chi connectivity index (χ2v) is 3.64. The summed E-state index contributed by atoms with van der Waals surface area (Å²) in [5, 5.41) is 0.538. The number of nitrogens with two attached hydrogens (primary N) is 1. The van der Waals surface area contributed by atoms with Crippen LogP contribution in [0.15, 0.2) is 35.2 Å². The summed E-state index contributed by atoms with van der Waals surface area (Å²) in [6, 6.07) is 3.52. The maximum atomic E-state index is 5.78. The van der Waals surface area contributed by atoms with Gasteiger partial charge in [-0.15, -0.1) is 0 Å². The highest BCUT2D eigenvalue weighted by atomic mass is 35.5. The molecule has 0 saturated carbocycles. The van der Waals surface area contributed by atoms with Gasteiger partial charge in [0.2, 0.25) is 0 Å². The van der Waals surface area contributed by atoms with Crippen LogP contribution < -0.4 is 10.5 Å². The monoisotopic (exact) mass is 238 g/mol. The first-order valence-corrected chi connectivity index (χ1v) is 5.16. The molecule has 0 atom stereocenters. The Morgan fingerprint density at radius 3 is 3.06 bits per heavy atom. The largest absolute Gasteiger partial charge is 0.484 e. The van der Waals surface area contributed by atoms with Crippen molar-refractivity contribution in [2.75, 3.05) is 0 Å². The molecule has 5 heteroatoms. The van der Waals surface area contributed by atoms with Crippen LogP contribution in [0.3, 0.4) is 0 Å². The van der Waals surface area contributed by atoms with E-state index in [1.807, 2.05) is 6.07 Å². The third-order valence-corrected chi connectivity index (χ3v) is 2.31. The zero-order valence-corrected chi connectivity index (χ0v) is 9.28. The molecule has 0 aliphatic rings. The van der Waals surface area contributed by atoms with Gasteiger partial charge in [0, 0.05) is 24.4 Å². The SMILES string of the molecule is NCc1ccoc1COc1cncc(Cl)c1. The quantitative estimate of drug-likeness (QED) is 0.888. The lowest BCUT2D eigenvalue weighted by atomic mass is 10.2. The second-order valence-electron chi connectivity index (χ2n) is 3.20. The summed E-state index contributed by atoms with van der Waals surface area (Å²) in [5.74, 6) is 1.33. The van der Waals surface area contributed by atoms with E-state index in [2.05, 4.69) is 4.98 Å². The van der Waals surface area contributed by atoms with E-state index in [0.717, 1.165) is 11.3 Å². The molecule has 16 heavy (non-hydrogen) atoms. The zero-order valence-electron chi connectivity index (χ0n) is 8.52. The van der Waals surface area contributed by atoms with E-state index >= 15 is 0 Å². The summed E-state index contributed by atoms with van der Waals surface area (Å²) < 4.78 is 10.7. The Balaban J connectivity index is 2.02. The van der Waals surface area contributed by atoms with Gasteiger partial charge < -0.3 is 14.9 Å². The van der Waals surface area contributed by atoms with Gasteiger partial charge in [-0.2, -0.15) is 0 Å². The second kappa shape index (κ2) is 5.01. The van der Waals surface area contributed by atoms with Crippen LogP contribution in [0.5, 0.6) is 5.75 Å². The number of ether oxygens (including phenoxy) is 1. The van der Waals surface area contributed by atoms with Crippen LogP contribution in [0.2, 0.25) is 5.02 Å². The molecule has 0 bridgehead atoms. The van der Waals surface area contributed by atoms with Gasteiger partial charge in [0.25, 0.3) is 0 Å². The first kappa shape index (κ1) is 11.0. The van der Waals surface area contributed by atoms with Crippen molar-refractivity contribution in [2.24, 2.45) is 5.73 Å². The Labute approximate surface area is 98.0 Å². The molecule has 0 aromatic carbocycles. The lowest BCUT2D eigenvalue weighted by Gasteiger charge is -2.05. The summed E-state index contributed by atoms with van der Waals surface area (Å²) in [4.78, 5) is 3.91. The minimum absolute atomic E-state index is 0.321. The normalized spacial score (nSPS) is 10.4. The molecule has 0 saturated heterocycles. The summed E-state index contributed by atoms with van der Waals surface area (Å²) in [6.07, 6.45) is 4.74. The maximum absolute atomic E-state index is 5.78. The summed E-state index contributed by atoms with van der Waals surface area (Å²) in [5.41, 5.74) is 6.48. The van der Waals surface area contributed by atoms with Crippen molar-refractivity contribution in [3.05, 3.63) is 47.1 Å². The number of hydrogen-bond acceptors (Lipinski definition) is 4. The van der Waals surface area contributed by atoms with E-state index in [1.54, 1.807) is 24.7 Å².